The van der Waals surface area contributed by atoms with E-state index in [-0.39, 0.29) is 0 Å². The molecule has 0 amide bonds. The molecule has 0 saturated heterocycles. The molecule has 1 heterocycles. The van der Waals surface area contributed by atoms with Crippen molar-refractivity contribution in [3.63, 3.8) is 0 Å². The third kappa shape index (κ3) is 2.05. The zero-order valence-corrected chi connectivity index (χ0v) is 6.00. The molecule has 0 aliphatic rings. The molecule has 1 rings (SSSR count). The Hall–Kier alpha value is -1.05. The van der Waals surface area contributed by atoms with Crippen LogP contribution in [0.1, 0.15) is 13.3 Å². The van der Waals surface area contributed by atoms with E-state index >= 15 is 0 Å². The van der Waals surface area contributed by atoms with Crippen molar-refractivity contribution >= 4 is 0 Å². The van der Waals surface area contributed by atoms with E-state index in [1.54, 1.807) is 18.5 Å². The van der Waals surface area contributed by atoms with Gasteiger partial charge in [-0.1, -0.05) is 6.92 Å². The average molecular weight is 136 g/mol. The number of rotatable bonds is 3. The first-order chi connectivity index (χ1) is 4.93. The van der Waals surface area contributed by atoms with E-state index in [2.05, 4.69) is 18.0 Å². The van der Waals surface area contributed by atoms with Gasteiger partial charge in [-0.05, 0) is 12.5 Å². The summed E-state index contributed by atoms with van der Waals surface area (Å²) in [5.74, 6) is 0.796. The molecule has 1 aromatic heterocycles. The number of hydrogen-bond acceptors (Lipinski definition) is 2. The lowest BCUT2D eigenvalue weighted by molar-refractivity contribution is 0.316. The highest BCUT2D eigenvalue weighted by atomic mass is 16.5. The highest BCUT2D eigenvalue weighted by molar-refractivity contribution is 5.14. The van der Waals surface area contributed by atoms with Crippen molar-refractivity contribution < 1.29 is 4.74 Å². The largest absolute Gasteiger partial charge is 0.492 e. The number of nitrogens with zero attached hydrogens (tertiary/aromatic N) is 1. The maximum Gasteiger partial charge on any atom is 0.138 e. The highest BCUT2D eigenvalue weighted by Crippen LogP contribution is 2.05. The molecule has 10 heavy (non-hydrogen) atoms. The maximum atomic E-state index is 5.26. The van der Waals surface area contributed by atoms with Crippen molar-refractivity contribution in [3.8, 4) is 5.75 Å². The van der Waals surface area contributed by atoms with Crippen molar-refractivity contribution in [1.82, 2.24) is 4.98 Å². The summed E-state index contributed by atoms with van der Waals surface area (Å²) in [4.78, 5) is 3.86. The van der Waals surface area contributed by atoms with Crippen LogP contribution in [0.2, 0.25) is 0 Å². The molecule has 0 atom stereocenters. The molecule has 0 aliphatic carbocycles. The van der Waals surface area contributed by atoms with Crippen molar-refractivity contribution in [2.24, 2.45) is 0 Å². The summed E-state index contributed by atoms with van der Waals surface area (Å²) < 4.78 is 5.26. The summed E-state index contributed by atoms with van der Waals surface area (Å²) >= 11 is 0. The van der Waals surface area contributed by atoms with Gasteiger partial charge < -0.3 is 4.74 Å². The molecule has 0 bridgehead atoms. The van der Waals surface area contributed by atoms with Crippen molar-refractivity contribution in [2.75, 3.05) is 6.61 Å². The monoisotopic (exact) mass is 136 g/mol. The van der Waals surface area contributed by atoms with E-state index < -0.39 is 0 Å². The van der Waals surface area contributed by atoms with Gasteiger partial charge in [0, 0.05) is 12.3 Å². The first kappa shape index (κ1) is 7.06. The standard InChI is InChI=1S/C8H10NO/c1-2-6-10-8-4-3-5-9-7-8/h4-5,7H,2,6H2,1H3. The van der Waals surface area contributed by atoms with Gasteiger partial charge in [0.05, 0.1) is 12.8 Å². The summed E-state index contributed by atoms with van der Waals surface area (Å²) in [6.07, 6.45) is 4.32. The van der Waals surface area contributed by atoms with Crippen LogP contribution in [0.5, 0.6) is 5.75 Å². The topological polar surface area (TPSA) is 22.1 Å². The minimum absolute atomic E-state index is 0.750. The van der Waals surface area contributed by atoms with Gasteiger partial charge in [-0.15, -0.1) is 0 Å². The fourth-order valence-corrected chi connectivity index (χ4v) is 0.609. The first-order valence-electron chi connectivity index (χ1n) is 3.37. The number of ether oxygens (including phenoxy) is 1. The summed E-state index contributed by atoms with van der Waals surface area (Å²) in [5, 5.41) is 0. The van der Waals surface area contributed by atoms with Gasteiger partial charge in [0.1, 0.15) is 5.75 Å². The second-order valence-electron chi connectivity index (χ2n) is 1.97. The van der Waals surface area contributed by atoms with Crippen LogP contribution in [0.25, 0.3) is 0 Å². The minimum atomic E-state index is 0.750. The van der Waals surface area contributed by atoms with Crippen molar-refractivity contribution in [2.45, 2.75) is 13.3 Å². The summed E-state index contributed by atoms with van der Waals surface area (Å²) in [5.41, 5.74) is 0. The van der Waals surface area contributed by atoms with Crippen LogP contribution in [0.3, 0.4) is 0 Å². The molecule has 1 radical (unpaired) electrons. The molecule has 0 aliphatic heterocycles. The Kier molecular flexibility index (Phi) is 2.74. The van der Waals surface area contributed by atoms with Crippen LogP contribution >= 0.6 is 0 Å². The van der Waals surface area contributed by atoms with Crippen LogP contribution in [-0.4, -0.2) is 11.6 Å². The molecule has 53 valence electrons. The van der Waals surface area contributed by atoms with E-state index in [0.29, 0.717) is 0 Å². The van der Waals surface area contributed by atoms with Crippen molar-refractivity contribution in [3.05, 3.63) is 24.5 Å². The molecule has 0 saturated carbocycles. The van der Waals surface area contributed by atoms with Gasteiger partial charge in [-0.25, -0.2) is 0 Å². The maximum absolute atomic E-state index is 5.26. The van der Waals surface area contributed by atoms with Crippen LogP contribution in [0.4, 0.5) is 0 Å². The third-order valence-electron chi connectivity index (χ3n) is 1.05. The summed E-state index contributed by atoms with van der Waals surface area (Å²) in [7, 11) is 0. The molecule has 1 aromatic rings. The Morgan fingerprint density at radius 1 is 1.70 bits per heavy atom. The van der Waals surface area contributed by atoms with E-state index in [4.69, 9.17) is 4.74 Å². The Balaban J connectivity index is 2.43. The van der Waals surface area contributed by atoms with Gasteiger partial charge in [0.2, 0.25) is 0 Å². The Morgan fingerprint density at radius 3 is 3.20 bits per heavy atom. The molecular formula is C8H10NO. The lowest BCUT2D eigenvalue weighted by Gasteiger charge is -2.00. The van der Waals surface area contributed by atoms with Gasteiger partial charge in [-0.2, -0.15) is 0 Å². The first-order valence-corrected chi connectivity index (χ1v) is 3.37. The van der Waals surface area contributed by atoms with Gasteiger partial charge in [0.25, 0.3) is 0 Å². The molecule has 2 nitrogen and oxygen atoms in total. The molecule has 0 spiro atoms. The SMILES string of the molecule is CCCOc1c[c]cnc1. The molecule has 0 N–H and O–H groups in total. The van der Waals surface area contributed by atoms with E-state index in [9.17, 15) is 0 Å². The fraction of sp³-hybridized carbons (Fsp3) is 0.375. The van der Waals surface area contributed by atoms with Crippen molar-refractivity contribution in [1.29, 1.82) is 0 Å². The fourth-order valence-electron chi connectivity index (χ4n) is 0.609. The predicted octanol–water partition coefficient (Wildman–Crippen LogP) is 1.67. The number of pyridine rings is 1. The van der Waals surface area contributed by atoms with Gasteiger partial charge >= 0.3 is 0 Å². The molecule has 0 fully saturated rings. The predicted molar refractivity (Wildman–Crippen MR) is 38.9 cm³/mol. The second-order valence-corrected chi connectivity index (χ2v) is 1.97. The van der Waals surface area contributed by atoms with E-state index in [1.807, 2.05) is 0 Å². The molecular weight excluding hydrogens is 126 g/mol. The molecule has 0 aromatic carbocycles. The zero-order chi connectivity index (χ0) is 7.23. The Morgan fingerprint density at radius 2 is 2.60 bits per heavy atom. The van der Waals surface area contributed by atoms with E-state index in [1.165, 1.54) is 0 Å². The van der Waals surface area contributed by atoms with Crippen LogP contribution in [-0.2, 0) is 0 Å². The molecule has 0 unspecified atom stereocenters. The normalized spacial score (nSPS) is 9.30. The van der Waals surface area contributed by atoms with Crippen LogP contribution < -0.4 is 4.74 Å². The highest BCUT2D eigenvalue weighted by Gasteiger charge is 1.87. The quantitative estimate of drug-likeness (QED) is 0.630. The van der Waals surface area contributed by atoms with Gasteiger partial charge in [-0.3, -0.25) is 4.98 Å². The molecule has 2 heteroatoms. The zero-order valence-electron chi connectivity index (χ0n) is 6.00. The number of aromatic nitrogens is 1. The smallest absolute Gasteiger partial charge is 0.138 e. The minimum Gasteiger partial charge on any atom is -0.492 e. The lowest BCUT2D eigenvalue weighted by Crippen LogP contribution is -1.94. The van der Waals surface area contributed by atoms with Crippen LogP contribution in [0, 0.1) is 6.07 Å². The second kappa shape index (κ2) is 3.88. The van der Waals surface area contributed by atoms with Crippen LogP contribution in [0.15, 0.2) is 18.5 Å². The average Bonchev–Trinajstić information content (AvgIpc) is 2.03. The number of hydrogen-bond donors (Lipinski definition) is 0. The Labute approximate surface area is 60.9 Å². The van der Waals surface area contributed by atoms with E-state index in [0.717, 1.165) is 18.8 Å². The summed E-state index contributed by atoms with van der Waals surface area (Å²) in [6.45, 7) is 2.82. The lowest BCUT2D eigenvalue weighted by atomic mass is 10.4. The Bertz CT molecular complexity index is 174. The van der Waals surface area contributed by atoms with Gasteiger partial charge in [0.15, 0.2) is 0 Å². The third-order valence-corrected chi connectivity index (χ3v) is 1.05. The summed E-state index contributed by atoms with van der Waals surface area (Å²) in [6, 6.07) is 4.61.